The van der Waals surface area contributed by atoms with E-state index in [4.69, 9.17) is 17.3 Å². The van der Waals surface area contributed by atoms with Crippen LogP contribution in [-0.2, 0) is 6.54 Å². The molecule has 1 aliphatic heterocycles. The normalized spacial score (nSPS) is 18.8. The number of thiazole rings is 1. The van der Waals surface area contributed by atoms with Gasteiger partial charge in [-0.05, 0) is 31.5 Å². The van der Waals surface area contributed by atoms with Crippen LogP contribution in [0, 0.1) is 0 Å². The molecule has 0 radical (unpaired) electrons. The molecular formula is C14H19ClN6S. The van der Waals surface area contributed by atoms with Crippen LogP contribution in [0.1, 0.15) is 29.5 Å². The van der Waals surface area contributed by atoms with E-state index in [1.54, 1.807) is 0 Å². The van der Waals surface area contributed by atoms with E-state index in [-0.39, 0.29) is 6.04 Å². The summed E-state index contributed by atoms with van der Waals surface area (Å²) in [5, 5.41) is 9.71. The Labute approximate surface area is 138 Å². The number of anilines is 2. The molecule has 3 rings (SSSR count). The summed E-state index contributed by atoms with van der Waals surface area (Å²) in [4.78, 5) is 9.42. The fraction of sp³-hybridized carbons (Fsp3) is 0.500. The van der Waals surface area contributed by atoms with Crippen molar-refractivity contribution in [1.29, 1.82) is 0 Å². The van der Waals surface area contributed by atoms with Gasteiger partial charge >= 0.3 is 0 Å². The van der Waals surface area contributed by atoms with Gasteiger partial charge in [-0.15, -0.1) is 5.10 Å². The summed E-state index contributed by atoms with van der Waals surface area (Å²) < 4.78 is 0. The number of likely N-dealkylation sites (tertiary alicyclic amines) is 1. The van der Waals surface area contributed by atoms with Crippen LogP contribution in [-0.4, -0.2) is 40.7 Å². The van der Waals surface area contributed by atoms with E-state index in [1.807, 2.05) is 25.1 Å². The molecule has 8 heteroatoms. The van der Waals surface area contributed by atoms with Crippen LogP contribution in [0.5, 0.6) is 0 Å². The van der Waals surface area contributed by atoms with Crippen LogP contribution in [0.2, 0.25) is 5.15 Å². The molecular weight excluding hydrogens is 320 g/mol. The highest BCUT2D eigenvalue weighted by Gasteiger charge is 2.28. The molecule has 2 aromatic heterocycles. The third kappa shape index (κ3) is 3.16. The number of nitrogens with zero attached hydrogens (tertiary/aromatic N) is 5. The van der Waals surface area contributed by atoms with Gasteiger partial charge in [-0.1, -0.05) is 22.9 Å². The van der Waals surface area contributed by atoms with Crippen molar-refractivity contribution in [3.63, 3.8) is 0 Å². The lowest BCUT2D eigenvalue weighted by Gasteiger charge is -2.23. The van der Waals surface area contributed by atoms with Crippen molar-refractivity contribution in [2.45, 2.75) is 25.4 Å². The van der Waals surface area contributed by atoms with Gasteiger partial charge in [0.25, 0.3) is 0 Å². The van der Waals surface area contributed by atoms with E-state index < -0.39 is 0 Å². The van der Waals surface area contributed by atoms with Crippen LogP contribution in [0.3, 0.4) is 0 Å². The summed E-state index contributed by atoms with van der Waals surface area (Å²) >= 11 is 7.59. The van der Waals surface area contributed by atoms with E-state index in [0.29, 0.717) is 10.3 Å². The van der Waals surface area contributed by atoms with Gasteiger partial charge in [0.15, 0.2) is 10.9 Å². The average Bonchev–Trinajstić information content (AvgIpc) is 3.06. The second kappa shape index (κ2) is 6.36. The highest BCUT2D eigenvalue weighted by atomic mass is 35.5. The Hall–Kier alpha value is -1.44. The predicted octanol–water partition coefficient (Wildman–Crippen LogP) is 2.57. The zero-order chi connectivity index (χ0) is 15.7. The maximum atomic E-state index is 6.13. The van der Waals surface area contributed by atoms with Crippen LogP contribution < -0.4 is 10.6 Å². The molecule has 1 unspecified atom stereocenters. The highest BCUT2D eigenvalue weighted by Crippen LogP contribution is 2.35. The van der Waals surface area contributed by atoms with Gasteiger partial charge in [-0.25, -0.2) is 4.98 Å². The quantitative estimate of drug-likeness (QED) is 0.923. The van der Waals surface area contributed by atoms with Gasteiger partial charge in [0.2, 0.25) is 0 Å². The van der Waals surface area contributed by atoms with E-state index in [2.05, 4.69) is 26.1 Å². The van der Waals surface area contributed by atoms with Crippen LogP contribution in [0.25, 0.3) is 0 Å². The number of nitrogens with two attached hydrogens (primary N) is 1. The molecule has 1 saturated heterocycles. The molecule has 0 aromatic carbocycles. The third-order valence-corrected chi connectivity index (χ3v) is 5.14. The lowest BCUT2D eigenvalue weighted by Crippen LogP contribution is -2.23. The summed E-state index contributed by atoms with van der Waals surface area (Å²) in [7, 11) is 3.92. The highest BCUT2D eigenvalue weighted by molar-refractivity contribution is 7.15. The molecule has 0 saturated carbocycles. The van der Waals surface area contributed by atoms with Crippen molar-refractivity contribution in [2.24, 2.45) is 0 Å². The first-order valence-corrected chi connectivity index (χ1v) is 8.39. The molecule has 3 heterocycles. The zero-order valence-electron chi connectivity index (χ0n) is 12.7. The summed E-state index contributed by atoms with van der Waals surface area (Å²) in [5.74, 6) is 0.867. The maximum Gasteiger partial charge on any atom is 0.181 e. The van der Waals surface area contributed by atoms with E-state index in [0.717, 1.165) is 42.3 Å². The monoisotopic (exact) mass is 338 g/mol. The Morgan fingerprint density at radius 2 is 2.23 bits per heavy atom. The fourth-order valence-electron chi connectivity index (χ4n) is 2.73. The minimum absolute atomic E-state index is 0.281. The molecule has 0 spiro atoms. The smallest absolute Gasteiger partial charge is 0.181 e. The number of aromatic nitrogens is 3. The van der Waals surface area contributed by atoms with Gasteiger partial charge in [-0.3, -0.25) is 4.90 Å². The Balaban J connectivity index is 1.76. The number of rotatable bonds is 4. The van der Waals surface area contributed by atoms with Crippen molar-refractivity contribution in [3.8, 4) is 0 Å². The third-order valence-electron chi connectivity index (χ3n) is 3.85. The number of hydrogen-bond acceptors (Lipinski definition) is 7. The van der Waals surface area contributed by atoms with Crippen molar-refractivity contribution < 1.29 is 0 Å². The van der Waals surface area contributed by atoms with Crippen LogP contribution >= 0.6 is 22.9 Å². The Morgan fingerprint density at radius 1 is 1.41 bits per heavy atom. The van der Waals surface area contributed by atoms with Crippen molar-refractivity contribution in [3.05, 3.63) is 27.9 Å². The van der Waals surface area contributed by atoms with E-state index in [9.17, 15) is 0 Å². The number of nitrogen functional groups attached to an aromatic ring is 1. The van der Waals surface area contributed by atoms with Gasteiger partial charge in [-0.2, -0.15) is 5.10 Å². The summed E-state index contributed by atoms with van der Waals surface area (Å²) in [5.41, 5.74) is 6.73. The molecule has 2 N–H and O–H groups in total. The fourth-order valence-corrected chi connectivity index (χ4v) is 3.80. The molecule has 1 atom stereocenters. The second-order valence-corrected chi connectivity index (χ2v) is 7.08. The molecule has 1 fully saturated rings. The molecule has 0 aliphatic carbocycles. The molecule has 6 nitrogen and oxygen atoms in total. The summed E-state index contributed by atoms with van der Waals surface area (Å²) in [6, 6.07) is 4.35. The lowest BCUT2D eigenvalue weighted by atomic mass is 10.1. The molecule has 22 heavy (non-hydrogen) atoms. The first-order chi connectivity index (χ1) is 10.5. The van der Waals surface area contributed by atoms with Gasteiger partial charge < -0.3 is 10.6 Å². The summed E-state index contributed by atoms with van der Waals surface area (Å²) in [6.07, 6.45) is 2.23. The Morgan fingerprint density at radius 3 is 2.82 bits per heavy atom. The predicted molar refractivity (Wildman–Crippen MR) is 90.3 cm³/mol. The number of hydrogen-bond donors (Lipinski definition) is 1. The average molecular weight is 339 g/mol. The van der Waals surface area contributed by atoms with Crippen LogP contribution in [0.15, 0.2) is 12.1 Å². The molecule has 118 valence electrons. The zero-order valence-corrected chi connectivity index (χ0v) is 14.2. The first-order valence-electron chi connectivity index (χ1n) is 7.20. The first kappa shape index (κ1) is 15.5. The minimum atomic E-state index is 0.281. The van der Waals surface area contributed by atoms with E-state index in [1.165, 1.54) is 11.3 Å². The topological polar surface area (TPSA) is 71.2 Å². The standard InChI is InChI=1S/C14H19ClN6S/c1-20(2)12-6-5-9(18-19-12)10-4-3-7-21(10)8-11-13(15)17-14(16)22-11/h5-6,10H,3-4,7-8H2,1-2H3,(H2,16,17). The van der Waals surface area contributed by atoms with Crippen molar-refractivity contribution >= 4 is 33.9 Å². The van der Waals surface area contributed by atoms with Gasteiger partial charge in [0.05, 0.1) is 16.6 Å². The van der Waals surface area contributed by atoms with E-state index >= 15 is 0 Å². The molecule has 0 bridgehead atoms. The number of halogens is 1. The Bertz CT molecular complexity index is 641. The van der Waals surface area contributed by atoms with Crippen LogP contribution in [0.4, 0.5) is 10.9 Å². The Kier molecular flexibility index (Phi) is 4.46. The molecule has 1 aliphatic rings. The summed E-state index contributed by atoms with van der Waals surface area (Å²) in [6.45, 7) is 1.78. The van der Waals surface area contributed by atoms with Gasteiger partial charge in [0, 0.05) is 20.6 Å². The van der Waals surface area contributed by atoms with Crippen molar-refractivity contribution in [1.82, 2.24) is 20.1 Å². The largest absolute Gasteiger partial charge is 0.375 e. The molecule has 2 aromatic rings. The van der Waals surface area contributed by atoms with Crippen molar-refractivity contribution in [2.75, 3.05) is 31.3 Å². The SMILES string of the molecule is CN(C)c1ccc(C2CCCN2Cc2sc(N)nc2Cl)nn1. The lowest BCUT2D eigenvalue weighted by molar-refractivity contribution is 0.245. The minimum Gasteiger partial charge on any atom is -0.375 e. The molecule has 0 amide bonds. The maximum absolute atomic E-state index is 6.13. The van der Waals surface area contributed by atoms with Gasteiger partial charge in [0.1, 0.15) is 5.15 Å². The second-order valence-electron chi connectivity index (χ2n) is 5.61.